The molecule has 2 N–H and O–H groups in total. The van der Waals surface area contributed by atoms with Crippen LogP contribution in [0.15, 0.2) is 67.0 Å². The standard InChI is InChI=1S/C20H23N3O/c1-15-8-10-17(11-9-15)20(24)14-21-16(2)18-6-3-4-7-19(18)23-13-5-12-22-23/h3-13,16,20-21,24H,14H2,1-2H3/t16-,20+/m0/s1. The van der Waals surface area contributed by atoms with Crippen molar-refractivity contribution in [3.63, 3.8) is 0 Å². The molecule has 0 saturated carbocycles. The fourth-order valence-corrected chi connectivity index (χ4v) is 2.78. The van der Waals surface area contributed by atoms with Crippen molar-refractivity contribution in [2.45, 2.75) is 26.0 Å². The first kappa shape index (κ1) is 16.4. The molecule has 0 aliphatic heterocycles. The summed E-state index contributed by atoms with van der Waals surface area (Å²) in [6.45, 7) is 4.64. The molecule has 2 atom stereocenters. The Hall–Kier alpha value is -2.43. The Labute approximate surface area is 142 Å². The second-order valence-corrected chi connectivity index (χ2v) is 6.07. The van der Waals surface area contributed by atoms with Crippen molar-refractivity contribution in [2.24, 2.45) is 0 Å². The van der Waals surface area contributed by atoms with E-state index < -0.39 is 6.10 Å². The minimum absolute atomic E-state index is 0.102. The molecule has 3 rings (SSSR count). The Kier molecular flexibility index (Phi) is 5.08. The first-order valence-electron chi connectivity index (χ1n) is 8.22. The number of hydrogen-bond acceptors (Lipinski definition) is 3. The van der Waals surface area contributed by atoms with Crippen molar-refractivity contribution in [1.29, 1.82) is 0 Å². The average molecular weight is 321 g/mol. The molecule has 3 aromatic rings. The molecule has 0 saturated heterocycles. The molecule has 4 heteroatoms. The fraction of sp³-hybridized carbons (Fsp3) is 0.250. The number of aliphatic hydroxyl groups excluding tert-OH is 1. The van der Waals surface area contributed by atoms with Gasteiger partial charge in [0, 0.05) is 25.0 Å². The van der Waals surface area contributed by atoms with E-state index >= 15 is 0 Å². The smallest absolute Gasteiger partial charge is 0.0914 e. The zero-order chi connectivity index (χ0) is 16.9. The maximum Gasteiger partial charge on any atom is 0.0914 e. The molecular formula is C20H23N3O. The zero-order valence-corrected chi connectivity index (χ0v) is 14.1. The minimum atomic E-state index is -0.523. The molecule has 0 unspecified atom stereocenters. The molecule has 0 aliphatic rings. The van der Waals surface area contributed by atoms with E-state index in [0.717, 1.165) is 16.8 Å². The molecule has 0 amide bonds. The number of para-hydroxylation sites is 1. The number of hydrogen-bond donors (Lipinski definition) is 2. The van der Waals surface area contributed by atoms with Crippen molar-refractivity contribution in [2.75, 3.05) is 6.54 Å². The summed E-state index contributed by atoms with van der Waals surface area (Å²) in [5.41, 5.74) is 4.32. The Morgan fingerprint density at radius 1 is 1.08 bits per heavy atom. The average Bonchev–Trinajstić information content (AvgIpc) is 3.14. The molecule has 1 heterocycles. The molecule has 0 spiro atoms. The first-order valence-corrected chi connectivity index (χ1v) is 8.22. The molecule has 4 nitrogen and oxygen atoms in total. The van der Waals surface area contributed by atoms with Crippen LogP contribution in [0.2, 0.25) is 0 Å². The minimum Gasteiger partial charge on any atom is -0.387 e. The number of benzene rings is 2. The van der Waals surface area contributed by atoms with E-state index in [2.05, 4.69) is 29.5 Å². The molecule has 0 fully saturated rings. The molecule has 1 aromatic heterocycles. The number of rotatable bonds is 6. The van der Waals surface area contributed by atoms with E-state index in [4.69, 9.17) is 0 Å². The summed E-state index contributed by atoms with van der Waals surface area (Å²) >= 11 is 0. The number of nitrogens with one attached hydrogen (secondary N) is 1. The normalized spacial score (nSPS) is 13.6. The van der Waals surface area contributed by atoms with E-state index in [1.807, 2.05) is 60.3 Å². The molecule has 2 aromatic carbocycles. The first-order chi connectivity index (χ1) is 11.6. The van der Waals surface area contributed by atoms with Crippen molar-refractivity contribution < 1.29 is 5.11 Å². The Bertz CT molecular complexity index is 766. The van der Waals surface area contributed by atoms with Crippen LogP contribution in [0.4, 0.5) is 0 Å². The lowest BCUT2D eigenvalue weighted by Crippen LogP contribution is -2.25. The van der Waals surface area contributed by atoms with E-state index in [1.165, 1.54) is 5.56 Å². The number of aryl methyl sites for hydroxylation is 1. The summed E-state index contributed by atoms with van der Waals surface area (Å²) in [5, 5.41) is 18.1. The van der Waals surface area contributed by atoms with E-state index in [9.17, 15) is 5.11 Å². The van der Waals surface area contributed by atoms with Gasteiger partial charge in [0.25, 0.3) is 0 Å². The highest BCUT2D eigenvalue weighted by molar-refractivity contribution is 5.42. The van der Waals surface area contributed by atoms with Gasteiger partial charge in [-0.2, -0.15) is 5.10 Å². The fourth-order valence-electron chi connectivity index (χ4n) is 2.78. The van der Waals surface area contributed by atoms with Gasteiger partial charge < -0.3 is 10.4 Å². The summed E-state index contributed by atoms with van der Waals surface area (Å²) in [7, 11) is 0. The third-order valence-corrected chi connectivity index (χ3v) is 4.23. The number of aromatic nitrogens is 2. The van der Waals surface area contributed by atoms with Gasteiger partial charge in [-0.25, -0.2) is 4.68 Å². The van der Waals surface area contributed by atoms with Crippen LogP contribution in [-0.4, -0.2) is 21.4 Å². The summed E-state index contributed by atoms with van der Waals surface area (Å²) < 4.78 is 1.86. The van der Waals surface area contributed by atoms with Crippen LogP contribution in [0, 0.1) is 6.92 Å². The van der Waals surface area contributed by atoms with Gasteiger partial charge in [-0.1, -0.05) is 48.0 Å². The third kappa shape index (κ3) is 3.72. The lowest BCUT2D eigenvalue weighted by molar-refractivity contribution is 0.171. The third-order valence-electron chi connectivity index (χ3n) is 4.23. The summed E-state index contributed by atoms with van der Waals surface area (Å²) in [4.78, 5) is 0. The van der Waals surface area contributed by atoms with Crippen molar-refractivity contribution in [3.05, 3.63) is 83.7 Å². The van der Waals surface area contributed by atoms with Gasteiger partial charge in [-0.3, -0.25) is 0 Å². The van der Waals surface area contributed by atoms with Gasteiger partial charge in [0.05, 0.1) is 11.8 Å². The molecule has 124 valence electrons. The van der Waals surface area contributed by atoms with Gasteiger partial charge in [-0.15, -0.1) is 0 Å². The van der Waals surface area contributed by atoms with Crippen LogP contribution in [0.1, 0.15) is 35.8 Å². The van der Waals surface area contributed by atoms with Crippen molar-refractivity contribution in [3.8, 4) is 5.69 Å². The van der Waals surface area contributed by atoms with Crippen LogP contribution < -0.4 is 5.32 Å². The van der Waals surface area contributed by atoms with Crippen molar-refractivity contribution in [1.82, 2.24) is 15.1 Å². The van der Waals surface area contributed by atoms with Crippen LogP contribution in [0.3, 0.4) is 0 Å². The molecule has 0 bridgehead atoms. The summed E-state index contributed by atoms with van der Waals surface area (Å²) in [6, 6.07) is 18.2. The second kappa shape index (κ2) is 7.43. The molecular weight excluding hydrogens is 298 g/mol. The maximum absolute atomic E-state index is 10.4. The predicted molar refractivity (Wildman–Crippen MR) is 96.1 cm³/mol. The summed E-state index contributed by atoms with van der Waals surface area (Å²) in [5.74, 6) is 0. The lowest BCUT2D eigenvalue weighted by atomic mass is 10.0. The van der Waals surface area contributed by atoms with Gasteiger partial charge in [0.2, 0.25) is 0 Å². The monoisotopic (exact) mass is 321 g/mol. The lowest BCUT2D eigenvalue weighted by Gasteiger charge is -2.20. The quantitative estimate of drug-likeness (QED) is 0.730. The largest absolute Gasteiger partial charge is 0.387 e. The van der Waals surface area contributed by atoms with E-state index in [0.29, 0.717) is 6.54 Å². The van der Waals surface area contributed by atoms with Gasteiger partial charge in [-0.05, 0) is 37.1 Å². The Morgan fingerprint density at radius 2 is 1.83 bits per heavy atom. The Morgan fingerprint density at radius 3 is 2.54 bits per heavy atom. The molecule has 0 radical (unpaired) electrons. The van der Waals surface area contributed by atoms with E-state index in [-0.39, 0.29) is 6.04 Å². The molecule has 0 aliphatic carbocycles. The highest BCUT2D eigenvalue weighted by Gasteiger charge is 2.14. The van der Waals surface area contributed by atoms with Crippen molar-refractivity contribution >= 4 is 0 Å². The maximum atomic E-state index is 10.4. The highest BCUT2D eigenvalue weighted by Crippen LogP contribution is 2.22. The topological polar surface area (TPSA) is 50.1 Å². The SMILES string of the molecule is Cc1ccc([C@H](O)CN[C@@H](C)c2ccccc2-n2cccn2)cc1. The molecule has 24 heavy (non-hydrogen) atoms. The number of aliphatic hydroxyl groups is 1. The van der Waals surface area contributed by atoms with Crippen LogP contribution >= 0.6 is 0 Å². The van der Waals surface area contributed by atoms with Crippen LogP contribution in [0.5, 0.6) is 0 Å². The summed E-state index contributed by atoms with van der Waals surface area (Å²) in [6.07, 6.45) is 3.19. The zero-order valence-electron chi connectivity index (χ0n) is 14.1. The van der Waals surface area contributed by atoms with Crippen LogP contribution in [0.25, 0.3) is 5.69 Å². The van der Waals surface area contributed by atoms with Crippen LogP contribution in [-0.2, 0) is 0 Å². The number of nitrogens with zero attached hydrogens (tertiary/aromatic N) is 2. The Balaban J connectivity index is 1.69. The van der Waals surface area contributed by atoms with Gasteiger partial charge in [0.1, 0.15) is 0 Å². The van der Waals surface area contributed by atoms with Gasteiger partial charge >= 0.3 is 0 Å². The van der Waals surface area contributed by atoms with E-state index in [1.54, 1.807) is 6.20 Å². The van der Waals surface area contributed by atoms with Gasteiger partial charge in [0.15, 0.2) is 0 Å². The second-order valence-electron chi connectivity index (χ2n) is 6.07. The predicted octanol–water partition coefficient (Wildman–Crippen LogP) is 3.56. The highest BCUT2D eigenvalue weighted by atomic mass is 16.3.